The normalized spacial score (nSPS) is 21.2. The van der Waals surface area contributed by atoms with Gasteiger partial charge in [0.1, 0.15) is 5.75 Å². The third kappa shape index (κ3) is 3.70. The van der Waals surface area contributed by atoms with Crippen LogP contribution in [0, 0.1) is 18.3 Å². The molecule has 0 amide bonds. The van der Waals surface area contributed by atoms with Crippen LogP contribution >= 0.6 is 0 Å². The van der Waals surface area contributed by atoms with Gasteiger partial charge in [-0.2, -0.15) is 0 Å². The average molecular weight is 301 g/mol. The van der Waals surface area contributed by atoms with Crippen LogP contribution in [0.15, 0.2) is 30.0 Å². The van der Waals surface area contributed by atoms with Gasteiger partial charge in [0, 0.05) is 18.2 Å². The van der Waals surface area contributed by atoms with Crippen molar-refractivity contribution >= 4 is 11.5 Å². The number of nitrogens with one attached hydrogen (secondary N) is 1. The first-order valence-corrected chi connectivity index (χ1v) is 8.12. The van der Waals surface area contributed by atoms with Crippen molar-refractivity contribution in [2.24, 2.45) is 11.3 Å². The number of hydrogen-bond acceptors (Lipinski definition) is 3. The zero-order chi connectivity index (χ0) is 16.3. The lowest BCUT2D eigenvalue weighted by Crippen LogP contribution is -2.29. The minimum absolute atomic E-state index is 0.205. The quantitative estimate of drug-likeness (QED) is 0.620. The number of allylic oxidation sites excluding steroid dienone is 1. The van der Waals surface area contributed by atoms with E-state index in [0.29, 0.717) is 18.0 Å². The summed E-state index contributed by atoms with van der Waals surface area (Å²) in [7, 11) is 0. The Kier molecular flexibility index (Phi) is 4.94. The maximum Gasteiger partial charge on any atom is 0.160 e. The zero-order valence-electron chi connectivity index (χ0n) is 14.1. The summed E-state index contributed by atoms with van der Waals surface area (Å²) in [5.41, 5.74) is 2.82. The molecule has 2 rings (SSSR count). The molecule has 0 bridgehead atoms. The van der Waals surface area contributed by atoms with Gasteiger partial charge >= 0.3 is 0 Å². The monoisotopic (exact) mass is 301 g/mol. The van der Waals surface area contributed by atoms with E-state index in [4.69, 9.17) is 0 Å². The van der Waals surface area contributed by atoms with Gasteiger partial charge in [0.05, 0.1) is 5.69 Å². The van der Waals surface area contributed by atoms with Crippen molar-refractivity contribution < 1.29 is 9.90 Å². The number of aromatic hydroxyl groups is 1. The lowest BCUT2D eigenvalue weighted by Gasteiger charge is -2.36. The molecule has 0 heterocycles. The highest BCUT2D eigenvalue weighted by atomic mass is 16.3. The summed E-state index contributed by atoms with van der Waals surface area (Å²) in [4.78, 5) is 12.2. The Hall–Kier alpha value is -1.77. The minimum atomic E-state index is 0.205. The van der Waals surface area contributed by atoms with E-state index in [1.165, 1.54) is 0 Å². The summed E-state index contributed by atoms with van der Waals surface area (Å²) in [6, 6.07) is 5.41. The number of phenolic OH excluding ortho intramolecular Hbond substituents is 1. The molecule has 0 radical (unpaired) electrons. The predicted octanol–water partition coefficient (Wildman–Crippen LogP) is 4.80. The lowest BCUT2D eigenvalue weighted by atomic mass is 9.68. The lowest BCUT2D eigenvalue weighted by molar-refractivity contribution is -0.117. The molecule has 0 unspecified atom stereocenters. The van der Waals surface area contributed by atoms with E-state index in [-0.39, 0.29) is 16.9 Å². The van der Waals surface area contributed by atoms with E-state index in [9.17, 15) is 9.90 Å². The van der Waals surface area contributed by atoms with E-state index in [2.05, 4.69) is 26.1 Å². The van der Waals surface area contributed by atoms with Crippen LogP contribution in [0.4, 0.5) is 5.69 Å². The van der Waals surface area contributed by atoms with Crippen LogP contribution in [0.2, 0.25) is 0 Å². The Balaban J connectivity index is 2.15. The first kappa shape index (κ1) is 16.6. The molecule has 0 aromatic heterocycles. The highest BCUT2D eigenvalue weighted by molar-refractivity contribution is 5.96. The van der Waals surface area contributed by atoms with Crippen molar-refractivity contribution in [2.75, 3.05) is 5.32 Å². The summed E-state index contributed by atoms with van der Waals surface area (Å²) in [6.45, 7) is 8.75. The van der Waals surface area contributed by atoms with Gasteiger partial charge in [-0.05, 0) is 48.8 Å². The van der Waals surface area contributed by atoms with E-state index in [1.54, 1.807) is 12.3 Å². The minimum Gasteiger partial charge on any atom is -0.506 e. The van der Waals surface area contributed by atoms with Gasteiger partial charge in [0.25, 0.3) is 0 Å². The van der Waals surface area contributed by atoms with Crippen LogP contribution < -0.4 is 5.32 Å². The Morgan fingerprint density at radius 1 is 1.41 bits per heavy atom. The molecule has 3 heteroatoms. The molecule has 120 valence electrons. The first-order valence-electron chi connectivity index (χ1n) is 8.12. The second-order valence-electron chi connectivity index (χ2n) is 7.04. The third-order valence-electron chi connectivity index (χ3n) is 5.11. The fraction of sp³-hybridized carbons (Fsp3) is 0.526. The highest BCUT2D eigenvalue weighted by Crippen LogP contribution is 2.41. The van der Waals surface area contributed by atoms with Gasteiger partial charge in [0.2, 0.25) is 0 Å². The molecule has 1 saturated carbocycles. The molecule has 1 aromatic carbocycles. The van der Waals surface area contributed by atoms with Gasteiger partial charge in [-0.3, -0.25) is 4.79 Å². The number of anilines is 1. The molecular weight excluding hydrogens is 274 g/mol. The number of rotatable bonds is 4. The Labute approximate surface area is 133 Å². The predicted molar refractivity (Wildman–Crippen MR) is 91.0 cm³/mol. The van der Waals surface area contributed by atoms with Crippen LogP contribution in [-0.4, -0.2) is 10.9 Å². The largest absolute Gasteiger partial charge is 0.506 e. The Morgan fingerprint density at radius 2 is 2.14 bits per heavy atom. The molecular formula is C19H27NO2. The molecule has 0 aliphatic heterocycles. The molecule has 1 aliphatic rings. The molecule has 0 spiro atoms. The van der Waals surface area contributed by atoms with Crippen molar-refractivity contribution in [3.05, 3.63) is 35.5 Å². The van der Waals surface area contributed by atoms with E-state index in [0.717, 1.165) is 30.4 Å². The number of Topliss-reactive ketones (excluding diaryl/α,β-unsaturated/α-hetero) is 1. The van der Waals surface area contributed by atoms with Gasteiger partial charge in [-0.1, -0.05) is 33.3 Å². The number of ketones is 1. The van der Waals surface area contributed by atoms with E-state index >= 15 is 0 Å². The summed E-state index contributed by atoms with van der Waals surface area (Å²) in [6.07, 6.45) is 5.33. The maximum atomic E-state index is 12.2. The number of carbonyl (C=O) groups is 1. The average Bonchev–Trinajstić information content (AvgIpc) is 2.49. The molecule has 1 aromatic rings. The number of benzene rings is 1. The van der Waals surface area contributed by atoms with Crippen molar-refractivity contribution in [1.82, 2.24) is 0 Å². The Bertz CT molecular complexity index is 587. The third-order valence-corrected chi connectivity index (χ3v) is 5.11. The topological polar surface area (TPSA) is 49.3 Å². The van der Waals surface area contributed by atoms with Gasteiger partial charge in [-0.25, -0.2) is 0 Å². The maximum absolute atomic E-state index is 12.2. The molecule has 1 aliphatic carbocycles. The first-order chi connectivity index (χ1) is 10.3. The summed E-state index contributed by atoms with van der Waals surface area (Å²) in [5.74, 6) is 0.966. The summed E-state index contributed by atoms with van der Waals surface area (Å²) < 4.78 is 0. The van der Waals surface area contributed by atoms with Crippen molar-refractivity contribution in [1.29, 1.82) is 0 Å². The second kappa shape index (κ2) is 6.55. The van der Waals surface area contributed by atoms with Crippen LogP contribution in [0.1, 0.15) is 52.0 Å². The molecule has 1 fully saturated rings. The fourth-order valence-electron chi connectivity index (χ4n) is 2.97. The SMILES string of the molecule is CCC(C)(C)[C@H]1CCC(=O)/C(=C/Nc2cc(C)ccc2O)C1. The van der Waals surface area contributed by atoms with E-state index in [1.807, 2.05) is 19.1 Å². The highest BCUT2D eigenvalue weighted by Gasteiger charge is 2.33. The van der Waals surface area contributed by atoms with Crippen molar-refractivity contribution in [2.45, 2.75) is 53.4 Å². The number of aryl methyl sites for hydroxylation is 1. The smallest absolute Gasteiger partial charge is 0.160 e. The molecule has 22 heavy (non-hydrogen) atoms. The van der Waals surface area contributed by atoms with Gasteiger partial charge in [-0.15, -0.1) is 0 Å². The van der Waals surface area contributed by atoms with Crippen LogP contribution in [-0.2, 0) is 4.79 Å². The molecule has 0 saturated heterocycles. The zero-order valence-corrected chi connectivity index (χ0v) is 14.1. The molecule has 3 nitrogen and oxygen atoms in total. The number of phenols is 1. The summed E-state index contributed by atoms with van der Waals surface area (Å²) >= 11 is 0. The fourth-order valence-corrected chi connectivity index (χ4v) is 2.97. The standard InChI is InChI=1S/C19H27NO2/c1-5-19(3,4)15-7-9-17(21)14(11-15)12-20-16-10-13(2)6-8-18(16)22/h6,8,10,12,15,20,22H,5,7,9,11H2,1-4H3/b14-12+/t15-/m0/s1. The van der Waals surface area contributed by atoms with E-state index < -0.39 is 0 Å². The van der Waals surface area contributed by atoms with Crippen LogP contribution in [0.25, 0.3) is 0 Å². The van der Waals surface area contributed by atoms with Crippen molar-refractivity contribution in [3.63, 3.8) is 0 Å². The van der Waals surface area contributed by atoms with Gasteiger partial charge in [0.15, 0.2) is 5.78 Å². The molecule has 2 N–H and O–H groups in total. The molecule has 1 atom stereocenters. The number of hydrogen-bond donors (Lipinski definition) is 2. The van der Waals surface area contributed by atoms with Crippen molar-refractivity contribution in [3.8, 4) is 5.75 Å². The van der Waals surface area contributed by atoms with Crippen LogP contribution in [0.5, 0.6) is 5.75 Å². The van der Waals surface area contributed by atoms with Crippen LogP contribution in [0.3, 0.4) is 0 Å². The second-order valence-corrected chi connectivity index (χ2v) is 7.04. The van der Waals surface area contributed by atoms with Gasteiger partial charge < -0.3 is 10.4 Å². The number of carbonyl (C=O) groups excluding carboxylic acids is 1. The Morgan fingerprint density at radius 3 is 2.82 bits per heavy atom. The summed E-state index contributed by atoms with van der Waals surface area (Å²) in [5, 5.41) is 13.0.